The van der Waals surface area contributed by atoms with Crippen LogP contribution in [-0.4, -0.2) is 44.4 Å². The average molecular weight is 232 g/mol. The summed E-state index contributed by atoms with van der Waals surface area (Å²) in [5.41, 5.74) is 1.31. The minimum absolute atomic E-state index is 0.167. The van der Waals surface area contributed by atoms with Gasteiger partial charge in [-0.15, -0.1) is 0 Å². The summed E-state index contributed by atoms with van der Waals surface area (Å²) in [4.78, 5) is 6.07. The van der Waals surface area contributed by atoms with Crippen molar-refractivity contribution in [3.05, 3.63) is 24.0 Å². The van der Waals surface area contributed by atoms with E-state index in [0.717, 1.165) is 31.9 Å². The quantitative estimate of drug-likeness (QED) is 0.816. The molecule has 1 saturated heterocycles. The van der Waals surface area contributed by atoms with Crippen molar-refractivity contribution in [2.75, 3.05) is 38.2 Å². The van der Waals surface area contributed by atoms with E-state index in [1.807, 2.05) is 24.1 Å². The summed E-state index contributed by atoms with van der Waals surface area (Å²) in [7, 11) is 1.95. The molecule has 5 heteroatoms. The van der Waals surface area contributed by atoms with Crippen molar-refractivity contribution in [1.82, 2.24) is 10.3 Å². The third kappa shape index (κ3) is 2.93. The fourth-order valence-corrected chi connectivity index (χ4v) is 1.93. The van der Waals surface area contributed by atoms with Crippen molar-refractivity contribution >= 4 is 5.69 Å². The lowest BCUT2D eigenvalue weighted by atomic mass is 10.2. The van der Waals surface area contributed by atoms with Crippen LogP contribution in [0.2, 0.25) is 0 Å². The van der Waals surface area contributed by atoms with Crippen molar-refractivity contribution in [3.8, 4) is 6.07 Å². The first kappa shape index (κ1) is 11.8. The third-order valence-electron chi connectivity index (χ3n) is 2.79. The van der Waals surface area contributed by atoms with Crippen LogP contribution in [0.25, 0.3) is 0 Å². The number of rotatable bonds is 3. The van der Waals surface area contributed by atoms with Gasteiger partial charge in [0.1, 0.15) is 6.07 Å². The first-order chi connectivity index (χ1) is 8.31. The van der Waals surface area contributed by atoms with Crippen LogP contribution in [0.15, 0.2) is 18.3 Å². The van der Waals surface area contributed by atoms with E-state index in [0.29, 0.717) is 5.69 Å². The topological polar surface area (TPSA) is 61.2 Å². The fraction of sp³-hybridized carbons (Fsp3) is 0.500. The number of aromatic nitrogens is 1. The molecule has 1 atom stereocenters. The van der Waals surface area contributed by atoms with Crippen molar-refractivity contribution in [3.63, 3.8) is 0 Å². The molecule has 0 saturated carbocycles. The van der Waals surface area contributed by atoms with Gasteiger partial charge >= 0.3 is 0 Å². The molecule has 2 heterocycles. The smallest absolute Gasteiger partial charge is 0.163 e. The van der Waals surface area contributed by atoms with E-state index in [9.17, 15) is 0 Å². The molecule has 0 amide bonds. The summed E-state index contributed by atoms with van der Waals surface area (Å²) in [6.45, 7) is 3.27. The first-order valence-corrected chi connectivity index (χ1v) is 5.70. The van der Waals surface area contributed by atoms with E-state index in [2.05, 4.69) is 16.4 Å². The summed E-state index contributed by atoms with van der Waals surface area (Å²) >= 11 is 0. The summed E-state index contributed by atoms with van der Waals surface area (Å²) in [5, 5.41) is 12.3. The number of hydrogen-bond donors (Lipinski definition) is 1. The lowest BCUT2D eigenvalue weighted by molar-refractivity contribution is 0.0340. The zero-order chi connectivity index (χ0) is 12.1. The van der Waals surface area contributed by atoms with E-state index >= 15 is 0 Å². The number of nitriles is 1. The predicted molar refractivity (Wildman–Crippen MR) is 64.8 cm³/mol. The van der Waals surface area contributed by atoms with Crippen LogP contribution in [0.1, 0.15) is 5.69 Å². The molecule has 1 N–H and O–H groups in total. The van der Waals surface area contributed by atoms with Crippen molar-refractivity contribution in [1.29, 1.82) is 5.26 Å². The molecule has 0 bridgehead atoms. The highest BCUT2D eigenvalue weighted by Gasteiger charge is 2.17. The van der Waals surface area contributed by atoms with Gasteiger partial charge in [-0.1, -0.05) is 0 Å². The lowest BCUT2D eigenvalue weighted by Gasteiger charge is -2.29. The van der Waals surface area contributed by atoms with Gasteiger partial charge in [0.2, 0.25) is 0 Å². The molecule has 1 fully saturated rings. The second kappa shape index (κ2) is 5.62. The number of ether oxygens (including phenoxy) is 1. The number of anilines is 1. The molecule has 0 radical (unpaired) electrons. The summed E-state index contributed by atoms with van der Waals surface area (Å²) < 4.78 is 5.64. The minimum Gasteiger partial charge on any atom is -0.374 e. The molecule has 5 nitrogen and oxygen atoms in total. The van der Waals surface area contributed by atoms with Crippen LogP contribution in [0.3, 0.4) is 0 Å². The van der Waals surface area contributed by atoms with Gasteiger partial charge < -0.3 is 15.0 Å². The van der Waals surface area contributed by atoms with Gasteiger partial charge in [-0.3, -0.25) is 0 Å². The van der Waals surface area contributed by atoms with Gasteiger partial charge in [-0.25, -0.2) is 4.98 Å². The molecule has 17 heavy (non-hydrogen) atoms. The normalized spacial score (nSPS) is 19.6. The Morgan fingerprint density at radius 2 is 2.59 bits per heavy atom. The van der Waals surface area contributed by atoms with Crippen molar-refractivity contribution in [2.24, 2.45) is 0 Å². The molecule has 1 aromatic rings. The molecule has 0 aliphatic carbocycles. The van der Waals surface area contributed by atoms with E-state index in [4.69, 9.17) is 10.00 Å². The predicted octanol–water partition coefficient (Wildman–Crippen LogP) is 0.378. The highest BCUT2D eigenvalue weighted by molar-refractivity contribution is 5.55. The second-order valence-corrected chi connectivity index (χ2v) is 4.06. The Kier molecular flexibility index (Phi) is 3.91. The zero-order valence-electron chi connectivity index (χ0n) is 9.89. The number of pyridine rings is 1. The Hall–Kier alpha value is -1.64. The van der Waals surface area contributed by atoms with Crippen LogP contribution < -0.4 is 10.2 Å². The van der Waals surface area contributed by atoms with Crippen LogP contribution in [0, 0.1) is 11.3 Å². The number of nitrogens with one attached hydrogen (secondary N) is 1. The van der Waals surface area contributed by atoms with E-state index in [-0.39, 0.29) is 6.10 Å². The summed E-state index contributed by atoms with van der Waals surface area (Å²) in [6, 6.07) is 5.85. The number of nitrogens with zero attached hydrogens (tertiary/aromatic N) is 3. The van der Waals surface area contributed by atoms with Crippen molar-refractivity contribution < 1.29 is 4.74 Å². The van der Waals surface area contributed by atoms with Gasteiger partial charge in [0, 0.05) is 32.9 Å². The molecule has 90 valence electrons. The molecule has 1 unspecified atom stereocenters. The molecular formula is C12H16N4O. The van der Waals surface area contributed by atoms with Gasteiger partial charge in [0.15, 0.2) is 5.69 Å². The van der Waals surface area contributed by atoms with E-state index < -0.39 is 0 Å². The van der Waals surface area contributed by atoms with Crippen LogP contribution in [0.4, 0.5) is 5.69 Å². The molecular weight excluding hydrogens is 216 g/mol. The van der Waals surface area contributed by atoms with Gasteiger partial charge in [-0.2, -0.15) is 5.26 Å². The fourth-order valence-electron chi connectivity index (χ4n) is 1.93. The Bertz CT molecular complexity index is 409. The Morgan fingerprint density at radius 1 is 1.71 bits per heavy atom. The summed E-state index contributed by atoms with van der Waals surface area (Å²) in [5.74, 6) is 0. The lowest BCUT2D eigenvalue weighted by Crippen LogP contribution is -2.44. The maximum atomic E-state index is 8.99. The standard InChI is InChI=1S/C12H16N4O/c1-16(9-10-8-14-5-6-17-10)12-3-2-4-15-11(12)7-13/h2-4,10,14H,5-6,8-9H2,1H3. The maximum Gasteiger partial charge on any atom is 0.163 e. The monoisotopic (exact) mass is 232 g/mol. The highest BCUT2D eigenvalue weighted by atomic mass is 16.5. The molecule has 1 aromatic heterocycles. The summed E-state index contributed by atoms with van der Waals surface area (Å²) in [6.07, 6.45) is 1.80. The molecule has 0 spiro atoms. The average Bonchev–Trinajstić information content (AvgIpc) is 2.40. The van der Waals surface area contributed by atoms with Crippen LogP contribution in [-0.2, 0) is 4.74 Å². The maximum absolute atomic E-state index is 8.99. The largest absolute Gasteiger partial charge is 0.374 e. The van der Waals surface area contributed by atoms with E-state index in [1.165, 1.54) is 0 Å². The van der Waals surface area contributed by atoms with E-state index in [1.54, 1.807) is 6.20 Å². The number of hydrogen-bond acceptors (Lipinski definition) is 5. The molecule has 0 aromatic carbocycles. The Morgan fingerprint density at radius 3 is 3.29 bits per heavy atom. The third-order valence-corrected chi connectivity index (χ3v) is 2.79. The first-order valence-electron chi connectivity index (χ1n) is 5.70. The minimum atomic E-state index is 0.167. The highest BCUT2D eigenvalue weighted by Crippen LogP contribution is 2.16. The second-order valence-electron chi connectivity index (χ2n) is 4.06. The van der Waals surface area contributed by atoms with Gasteiger partial charge in [0.25, 0.3) is 0 Å². The Balaban J connectivity index is 2.03. The molecule has 2 rings (SSSR count). The van der Waals surface area contributed by atoms with Crippen LogP contribution >= 0.6 is 0 Å². The Labute approximate surface area is 101 Å². The molecule has 1 aliphatic heterocycles. The number of morpholine rings is 1. The SMILES string of the molecule is CN(CC1CNCCO1)c1cccnc1C#N. The van der Waals surface area contributed by atoms with Gasteiger partial charge in [-0.05, 0) is 12.1 Å². The zero-order valence-corrected chi connectivity index (χ0v) is 9.89. The molecule has 1 aliphatic rings. The number of likely N-dealkylation sites (N-methyl/N-ethyl adjacent to an activating group) is 1. The van der Waals surface area contributed by atoms with Gasteiger partial charge in [0.05, 0.1) is 18.4 Å². The van der Waals surface area contributed by atoms with Crippen LogP contribution in [0.5, 0.6) is 0 Å². The van der Waals surface area contributed by atoms with Crippen molar-refractivity contribution in [2.45, 2.75) is 6.10 Å².